The van der Waals surface area contributed by atoms with E-state index in [9.17, 15) is 0 Å². The van der Waals surface area contributed by atoms with Gasteiger partial charge in [0, 0.05) is 32.4 Å². The first-order chi connectivity index (χ1) is 9.98. The lowest BCUT2D eigenvalue weighted by molar-refractivity contribution is -0.129. The number of nitrogens with one attached hydrogen (secondary N) is 1. The van der Waals surface area contributed by atoms with Crippen LogP contribution in [0, 0.1) is 0 Å². The van der Waals surface area contributed by atoms with Crippen molar-refractivity contribution >= 4 is 0 Å². The number of hydrogen-bond acceptors (Lipinski definition) is 5. The molecule has 6 nitrogen and oxygen atoms in total. The normalized spacial score (nSPS) is 22.6. The molecule has 0 aromatic carbocycles. The summed E-state index contributed by atoms with van der Waals surface area (Å²) in [5.41, 5.74) is 0.953. The minimum Gasteiger partial charge on any atom is -0.370 e. The third-order valence-electron chi connectivity index (χ3n) is 3.60. The average Bonchev–Trinajstić information content (AvgIpc) is 2.82. The monoisotopic (exact) mass is 295 g/mol. The summed E-state index contributed by atoms with van der Waals surface area (Å²) >= 11 is 0. The highest BCUT2D eigenvalue weighted by Crippen LogP contribution is 2.20. The van der Waals surface area contributed by atoms with Crippen LogP contribution in [0.25, 0.3) is 0 Å². The molecular formula is C15H29N5O. The summed E-state index contributed by atoms with van der Waals surface area (Å²) in [6.07, 6.45) is 3.47. The highest BCUT2D eigenvalue weighted by molar-refractivity contribution is 4.91. The van der Waals surface area contributed by atoms with E-state index in [1.165, 1.54) is 0 Å². The number of hydrogen-bond donors (Lipinski definition) is 1. The van der Waals surface area contributed by atoms with E-state index in [0.717, 1.165) is 51.4 Å². The van der Waals surface area contributed by atoms with Crippen LogP contribution in [-0.2, 0) is 17.8 Å². The van der Waals surface area contributed by atoms with E-state index in [1.54, 1.807) is 0 Å². The van der Waals surface area contributed by atoms with Crippen LogP contribution in [-0.4, -0.2) is 57.8 Å². The number of rotatable bonds is 7. The number of morpholine rings is 1. The summed E-state index contributed by atoms with van der Waals surface area (Å²) in [6, 6.07) is 0. The van der Waals surface area contributed by atoms with Crippen molar-refractivity contribution in [1.82, 2.24) is 25.2 Å². The van der Waals surface area contributed by atoms with Gasteiger partial charge in [0.25, 0.3) is 0 Å². The van der Waals surface area contributed by atoms with Gasteiger partial charge in [-0.25, -0.2) is 0 Å². The second kappa shape index (κ2) is 7.33. The Morgan fingerprint density at radius 3 is 2.95 bits per heavy atom. The largest absolute Gasteiger partial charge is 0.370 e. The van der Waals surface area contributed by atoms with Gasteiger partial charge in [-0.2, -0.15) is 0 Å². The van der Waals surface area contributed by atoms with Crippen LogP contribution < -0.4 is 5.32 Å². The fourth-order valence-electron chi connectivity index (χ4n) is 2.92. The third kappa shape index (κ3) is 5.37. The van der Waals surface area contributed by atoms with Gasteiger partial charge in [-0.15, -0.1) is 5.10 Å². The average molecular weight is 295 g/mol. The summed E-state index contributed by atoms with van der Waals surface area (Å²) in [5, 5.41) is 11.7. The van der Waals surface area contributed by atoms with Gasteiger partial charge in [0.1, 0.15) is 0 Å². The Morgan fingerprint density at radius 1 is 1.43 bits per heavy atom. The van der Waals surface area contributed by atoms with Crippen LogP contribution >= 0.6 is 0 Å². The summed E-state index contributed by atoms with van der Waals surface area (Å²) in [5.74, 6) is 0. The van der Waals surface area contributed by atoms with E-state index < -0.39 is 0 Å². The van der Waals surface area contributed by atoms with Crippen molar-refractivity contribution in [2.45, 2.75) is 58.9 Å². The quantitative estimate of drug-likeness (QED) is 0.768. The van der Waals surface area contributed by atoms with Crippen molar-refractivity contribution in [3.05, 3.63) is 11.9 Å². The molecule has 1 aromatic heterocycles. The van der Waals surface area contributed by atoms with Crippen LogP contribution in [0.4, 0.5) is 0 Å². The lowest BCUT2D eigenvalue weighted by atomic mass is 10.1. The predicted molar refractivity (Wildman–Crippen MR) is 83.1 cm³/mol. The molecule has 1 saturated heterocycles. The molecule has 1 fully saturated rings. The van der Waals surface area contributed by atoms with Crippen molar-refractivity contribution in [2.24, 2.45) is 0 Å². The molecule has 0 radical (unpaired) electrons. The molecule has 1 N–H and O–H groups in total. The first-order valence-electron chi connectivity index (χ1n) is 7.98. The summed E-state index contributed by atoms with van der Waals surface area (Å²) in [6.45, 7) is 14.3. The molecule has 2 rings (SSSR count). The maximum Gasteiger partial charge on any atom is 0.0964 e. The predicted octanol–water partition coefficient (Wildman–Crippen LogP) is 1.28. The van der Waals surface area contributed by atoms with Crippen molar-refractivity contribution in [3.63, 3.8) is 0 Å². The summed E-state index contributed by atoms with van der Waals surface area (Å²) < 4.78 is 7.87. The Bertz CT molecular complexity index is 431. The van der Waals surface area contributed by atoms with Gasteiger partial charge in [0.15, 0.2) is 0 Å². The van der Waals surface area contributed by atoms with Crippen LogP contribution in [0.5, 0.6) is 0 Å². The van der Waals surface area contributed by atoms with Crippen molar-refractivity contribution < 1.29 is 4.74 Å². The van der Waals surface area contributed by atoms with E-state index in [4.69, 9.17) is 4.74 Å². The molecule has 1 unspecified atom stereocenters. The first-order valence-corrected chi connectivity index (χ1v) is 7.98. The van der Waals surface area contributed by atoms with Crippen LogP contribution in [0.2, 0.25) is 0 Å². The molecule has 1 aliphatic heterocycles. The molecule has 2 heterocycles. The highest BCUT2D eigenvalue weighted by atomic mass is 16.5. The van der Waals surface area contributed by atoms with Gasteiger partial charge < -0.3 is 10.1 Å². The van der Waals surface area contributed by atoms with E-state index in [0.29, 0.717) is 6.10 Å². The smallest absolute Gasteiger partial charge is 0.0964 e. The van der Waals surface area contributed by atoms with Crippen molar-refractivity contribution in [3.8, 4) is 0 Å². The zero-order valence-electron chi connectivity index (χ0n) is 13.8. The Labute approximate surface area is 127 Å². The molecule has 21 heavy (non-hydrogen) atoms. The van der Waals surface area contributed by atoms with Gasteiger partial charge in [-0.1, -0.05) is 12.1 Å². The van der Waals surface area contributed by atoms with E-state index in [1.807, 2.05) is 10.9 Å². The van der Waals surface area contributed by atoms with Crippen molar-refractivity contribution in [1.29, 1.82) is 0 Å². The molecule has 1 aromatic rings. The fourth-order valence-corrected chi connectivity index (χ4v) is 2.92. The molecule has 0 aliphatic carbocycles. The van der Waals surface area contributed by atoms with E-state index in [-0.39, 0.29) is 5.60 Å². The molecule has 0 bridgehead atoms. The molecule has 0 amide bonds. The second-order valence-corrected chi connectivity index (χ2v) is 6.57. The molecule has 6 heteroatoms. The lowest BCUT2D eigenvalue weighted by Gasteiger charge is -2.41. The van der Waals surface area contributed by atoms with Gasteiger partial charge in [0.05, 0.1) is 23.9 Å². The second-order valence-electron chi connectivity index (χ2n) is 6.57. The number of aromatic nitrogens is 3. The minimum atomic E-state index is -0.0603. The van der Waals surface area contributed by atoms with Gasteiger partial charge in [-0.3, -0.25) is 9.58 Å². The topological polar surface area (TPSA) is 55.2 Å². The van der Waals surface area contributed by atoms with Crippen LogP contribution in [0.1, 0.15) is 39.8 Å². The van der Waals surface area contributed by atoms with Gasteiger partial charge in [-0.05, 0) is 33.7 Å². The first kappa shape index (κ1) is 16.4. The molecular weight excluding hydrogens is 266 g/mol. The molecule has 120 valence electrons. The van der Waals surface area contributed by atoms with E-state index in [2.05, 4.69) is 48.2 Å². The van der Waals surface area contributed by atoms with Crippen molar-refractivity contribution in [2.75, 3.05) is 26.2 Å². The zero-order valence-corrected chi connectivity index (χ0v) is 13.8. The number of nitrogens with zero attached hydrogens (tertiary/aromatic N) is 4. The Hall–Kier alpha value is -0.980. The summed E-state index contributed by atoms with van der Waals surface area (Å²) in [7, 11) is 0. The molecule has 1 atom stereocenters. The van der Waals surface area contributed by atoms with E-state index >= 15 is 0 Å². The van der Waals surface area contributed by atoms with Crippen LogP contribution in [0.15, 0.2) is 6.20 Å². The third-order valence-corrected chi connectivity index (χ3v) is 3.60. The SMILES string of the molecule is CCCNCc1cn(CCN2CC(C)OC(C)(C)C2)nn1. The number of ether oxygens (including phenoxy) is 1. The molecule has 0 saturated carbocycles. The van der Waals surface area contributed by atoms with Gasteiger partial charge >= 0.3 is 0 Å². The molecule has 1 aliphatic rings. The van der Waals surface area contributed by atoms with Gasteiger partial charge in [0.2, 0.25) is 0 Å². The maximum absolute atomic E-state index is 5.93. The van der Waals surface area contributed by atoms with Crippen LogP contribution in [0.3, 0.4) is 0 Å². The lowest BCUT2D eigenvalue weighted by Crippen LogP contribution is -2.52. The summed E-state index contributed by atoms with van der Waals surface area (Å²) in [4.78, 5) is 2.45. The fraction of sp³-hybridized carbons (Fsp3) is 0.867. The Balaban J connectivity index is 1.77. The minimum absolute atomic E-state index is 0.0603. The standard InChI is InChI=1S/C15H29N5O/c1-5-6-16-9-14-11-20(18-17-14)8-7-19-10-13(2)21-15(3,4)12-19/h11,13,16H,5-10,12H2,1-4H3. The highest BCUT2D eigenvalue weighted by Gasteiger charge is 2.30. The Morgan fingerprint density at radius 2 is 2.24 bits per heavy atom. The zero-order chi connectivity index (χ0) is 15.3. The molecule has 0 spiro atoms. The Kier molecular flexibility index (Phi) is 5.72. The maximum atomic E-state index is 5.93.